The van der Waals surface area contributed by atoms with E-state index >= 15 is 0 Å². The molecule has 0 aromatic rings. The van der Waals surface area contributed by atoms with Crippen molar-refractivity contribution in [2.75, 3.05) is 0 Å². The summed E-state index contributed by atoms with van der Waals surface area (Å²) in [5.41, 5.74) is 0. The zero-order valence-corrected chi connectivity index (χ0v) is 9.42. The highest BCUT2D eigenvalue weighted by Gasteiger charge is 1.95. The zero-order chi connectivity index (χ0) is 9.94. The van der Waals surface area contributed by atoms with E-state index in [4.69, 9.17) is 0 Å². The third-order valence-corrected chi connectivity index (χ3v) is 2.16. The van der Waals surface area contributed by atoms with E-state index in [0.717, 1.165) is 5.92 Å². The van der Waals surface area contributed by atoms with Crippen LogP contribution >= 0.6 is 0 Å². The van der Waals surface area contributed by atoms with Crippen molar-refractivity contribution in [2.24, 2.45) is 5.92 Å². The summed E-state index contributed by atoms with van der Waals surface area (Å²) in [6.07, 6.45) is 15.2. The highest BCUT2D eigenvalue weighted by atomic mass is 14.0. The second-order valence-electron chi connectivity index (χ2n) is 3.77. The summed E-state index contributed by atoms with van der Waals surface area (Å²) < 4.78 is 0. The molecule has 0 rings (SSSR count). The van der Waals surface area contributed by atoms with Crippen LogP contribution in [-0.4, -0.2) is 0 Å². The van der Waals surface area contributed by atoms with E-state index in [1.807, 2.05) is 0 Å². The molecule has 0 aliphatic rings. The Morgan fingerprint density at radius 2 is 1.69 bits per heavy atom. The Labute approximate surface area is 83.7 Å². The van der Waals surface area contributed by atoms with Gasteiger partial charge in [-0.2, -0.15) is 0 Å². The Kier molecular flexibility index (Phi) is 9.18. The van der Waals surface area contributed by atoms with Gasteiger partial charge in [0.05, 0.1) is 0 Å². The van der Waals surface area contributed by atoms with Crippen LogP contribution in [0.15, 0.2) is 24.3 Å². The summed E-state index contributed by atoms with van der Waals surface area (Å²) in [7, 11) is 0. The molecule has 0 amide bonds. The van der Waals surface area contributed by atoms with Gasteiger partial charge >= 0.3 is 0 Å². The van der Waals surface area contributed by atoms with Crippen LogP contribution in [0.25, 0.3) is 0 Å². The third kappa shape index (κ3) is 9.39. The highest BCUT2D eigenvalue weighted by Crippen LogP contribution is 2.09. The van der Waals surface area contributed by atoms with Gasteiger partial charge in [-0.25, -0.2) is 0 Å². The van der Waals surface area contributed by atoms with Gasteiger partial charge in [0.25, 0.3) is 0 Å². The molecule has 0 saturated carbocycles. The molecule has 1 atom stereocenters. The molecule has 0 saturated heterocycles. The van der Waals surface area contributed by atoms with Crippen molar-refractivity contribution in [2.45, 2.75) is 52.9 Å². The lowest BCUT2D eigenvalue weighted by Crippen LogP contribution is -1.89. The molecule has 0 spiro atoms. The van der Waals surface area contributed by atoms with Crippen molar-refractivity contribution < 1.29 is 0 Å². The van der Waals surface area contributed by atoms with Gasteiger partial charge in [-0.3, -0.25) is 0 Å². The number of hydrogen-bond acceptors (Lipinski definition) is 0. The van der Waals surface area contributed by atoms with E-state index < -0.39 is 0 Å². The Morgan fingerprint density at radius 1 is 1.00 bits per heavy atom. The Hall–Kier alpha value is -0.520. The van der Waals surface area contributed by atoms with Crippen molar-refractivity contribution in [1.29, 1.82) is 0 Å². The molecular formula is C13H24. The van der Waals surface area contributed by atoms with Gasteiger partial charge < -0.3 is 0 Å². The molecule has 0 aromatic carbocycles. The Bertz CT molecular complexity index is 142. The van der Waals surface area contributed by atoms with Crippen LogP contribution in [0.4, 0.5) is 0 Å². The number of hydrogen-bond donors (Lipinski definition) is 0. The number of unbranched alkanes of at least 4 members (excludes halogenated alkanes) is 1. The van der Waals surface area contributed by atoms with Crippen LogP contribution < -0.4 is 0 Å². The topological polar surface area (TPSA) is 0 Å². The fourth-order valence-corrected chi connectivity index (χ4v) is 1.34. The fraction of sp³-hybridized carbons (Fsp3) is 0.692. The summed E-state index contributed by atoms with van der Waals surface area (Å²) in [6, 6.07) is 0. The molecule has 0 fully saturated rings. The molecule has 0 aliphatic heterocycles. The number of allylic oxidation sites excluding steroid dienone is 4. The quantitative estimate of drug-likeness (QED) is 0.497. The molecule has 76 valence electrons. The van der Waals surface area contributed by atoms with E-state index in [9.17, 15) is 0 Å². The predicted molar refractivity (Wildman–Crippen MR) is 61.9 cm³/mol. The lowest BCUT2D eigenvalue weighted by molar-refractivity contribution is 0.532. The third-order valence-electron chi connectivity index (χ3n) is 2.16. The summed E-state index contributed by atoms with van der Waals surface area (Å²) in [5.74, 6) is 0.848. The molecule has 0 bridgehead atoms. The maximum absolute atomic E-state index is 2.32. The van der Waals surface area contributed by atoms with Gasteiger partial charge in [0.2, 0.25) is 0 Å². The van der Waals surface area contributed by atoms with E-state index in [0.29, 0.717) is 0 Å². The maximum Gasteiger partial charge on any atom is -0.0322 e. The molecule has 0 aliphatic carbocycles. The highest BCUT2D eigenvalue weighted by molar-refractivity contribution is 5.02. The smallest absolute Gasteiger partial charge is 0.0322 e. The normalized spacial score (nSPS) is 14.4. The van der Waals surface area contributed by atoms with Crippen molar-refractivity contribution in [3.8, 4) is 0 Å². The minimum atomic E-state index is 0.848. The van der Waals surface area contributed by atoms with Crippen molar-refractivity contribution in [1.82, 2.24) is 0 Å². The van der Waals surface area contributed by atoms with Crippen LogP contribution in [0.5, 0.6) is 0 Å². The van der Waals surface area contributed by atoms with Crippen molar-refractivity contribution in [3.05, 3.63) is 24.3 Å². The average molecular weight is 180 g/mol. The Morgan fingerprint density at radius 3 is 2.31 bits per heavy atom. The first-order valence-corrected chi connectivity index (χ1v) is 5.62. The molecular weight excluding hydrogens is 156 g/mol. The van der Waals surface area contributed by atoms with E-state index in [1.165, 1.54) is 32.1 Å². The molecule has 0 N–H and O–H groups in total. The monoisotopic (exact) mass is 180 g/mol. The van der Waals surface area contributed by atoms with E-state index in [2.05, 4.69) is 45.1 Å². The largest absolute Gasteiger partial charge is 0.0846 e. The standard InChI is InChI=1S/C13H24/c1-4-6-7-8-9-10-12-13(3)11-5-2/h7-10,13H,4-6,11-12H2,1-3H3. The van der Waals surface area contributed by atoms with Gasteiger partial charge in [-0.05, 0) is 18.8 Å². The molecule has 0 heterocycles. The van der Waals surface area contributed by atoms with Crippen LogP contribution in [0.2, 0.25) is 0 Å². The summed E-state index contributed by atoms with van der Waals surface area (Å²) in [6.45, 7) is 6.78. The molecule has 0 heteroatoms. The van der Waals surface area contributed by atoms with Crippen molar-refractivity contribution >= 4 is 0 Å². The first kappa shape index (κ1) is 12.5. The summed E-state index contributed by atoms with van der Waals surface area (Å²) in [4.78, 5) is 0. The lowest BCUT2D eigenvalue weighted by Gasteiger charge is -2.04. The first-order valence-electron chi connectivity index (χ1n) is 5.62. The fourth-order valence-electron chi connectivity index (χ4n) is 1.34. The molecule has 0 radical (unpaired) electrons. The van der Waals surface area contributed by atoms with E-state index in [-0.39, 0.29) is 0 Å². The molecule has 0 nitrogen and oxygen atoms in total. The molecule has 0 aromatic heterocycles. The van der Waals surface area contributed by atoms with Gasteiger partial charge in [-0.15, -0.1) is 0 Å². The second kappa shape index (κ2) is 9.57. The summed E-state index contributed by atoms with van der Waals surface area (Å²) >= 11 is 0. The second-order valence-corrected chi connectivity index (χ2v) is 3.77. The van der Waals surface area contributed by atoms with Crippen LogP contribution in [0, 0.1) is 5.92 Å². The number of rotatable bonds is 7. The lowest BCUT2D eigenvalue weighted by atomic mass is 10.0. The zero-order valence-electron chi connectivity index (χ0n) is 9.42. The average Bonchev–Trinajstić information content (AvgIpc) is 2.11. The summed E-state index contributed by atoms with van der Waals surface area (Å²) in [5, 5.41) is 0. The van der Waals surface area contributed by atoms with Gasteiger partial charge in [0, 0.05) is 0 Å². The minimum absolute atomic E-state index is 0.848. The minimum Gasteiger partial charge on any atom is -0.0846 e. The van der Waals surface area contributed by atoms with Crippen LogP contribution in [0.1, 0.15) is 52.9 Å². The van der Waals surface area contributed by atoms with Gasteiger partial charge in [-0.1, -0.05) is 64.3 Å². The maximum atomic E-state index is 2.32. The predicted octanol–water partition coefficient (Wildman–Crippen LogP) is 4.73. The SMILES string of the molecule is CCCC=CC=CCC(C)CCC. The van der Waals surface area contributed by atoms with E-state index in [1.54, 1.807) is 0 Å². The Balaban J connectivity index is 3.39. The first-order chi connectivity index (χ1) is 6.31. The van der Waals surface area contributed by atoms with Gasteiger partial charge in [0.15, 0.2) is 0 Å². The van der Waals surface area contributed by atoms with Crippen molar-refractivity contribution in [3.63, 3.8) is 0 Å². The van der Waals surface area contributed by atoms with Crippen LogP contribution in [-0.2, 0) is 0 Å². The van der Waals surface area contributed by atoms with Gasteiger partial charge in [0.1, 0.15) is 0 Å². The van der Waals surface area contributed by atoms with Crippen LogP contribution in [0.3, 0.4) is 0 Å². The molecule has 1 unspecified atom stereocenters. The molecule has 13 heavy (non-hydrogen) atoms.